The molecule has 4 heterocycles. The molecule has 1 N–H and O–H groups in total. The van der Waals surface area contributed by atoms with Crippen molar-refractivity contribution in [3.63, 3.8) is 0 Å². The first-order valence-electron chi connectivity index (χ1n) is 10.8. The summed E-state index contributed by atoms with van der Waals surface area (Å²) in [5, 5.41) is 11.7. The summed E-state index contributed by atoms with van der Waals surface area (Å²) in [4.78, 5) is 21.2. The smallest absolute Gasteiger partial charge is 0.272 e. The first-order valence-corrected chi connectivity index (χ1v) is 10.8. The number of pyridine rings is 1. The molecule has 2 saturated heterocycles. The van der Waals surface area contributed by atoms with Crippen LogP contribution in [0.15, 0.2) is 48.9 Å². The van der Waals surface area contributed by atoms with Crippen LogP contribution in [-0.4, -0.2) is 56.0 Å². The van der Waals surface area contributed by atoms with Crippen LogP contribution in [0.2, 0.25) is 0 Å². The molecule has 33 heavy (non-hydrogen) atoms. The number of carbonyl (C=O) groups is 1. The number of hydrogen-bond acceptors (Lipinski definition) is 6. The van der Waals surface area contributed by atoms with Gasteiger partial charge in [0.1, 0.15) is 17.3 Å². The maximum absolute atomic E-state index is 13.7. The van der Waals surface area contributed by atoms with Gasteiger partial charge >= 0.3 is 0 Å². The quantitative estimate of drug-likeness (QED) is 0.612. The first kappa shape index (κ1) is 21.3. The molecule has 0 aliphatic carbocycles. The van der Waals surface area contributed by atoms with Crippen molar-refractivity contribution in [1.29, 1.82) is 0 Å². The second-order valence-electron chi connectivity index (χ2n) is 8.52. The highest BCUT2D eigenvalue weighted by Gasteiger charge is 2.49. The number of nitrogens with zero attached hydrogens (tertiary/aromatic N) is 5. The molecule has 3 unspecified atom stereocenters. The summed E-state index contributed by atoms with van der Waals surface area (Å²) in [6.07, 6.45) is 6.87. The largest absolute Gasteiger partial charge is 0.497 e. The van der Waals surface area contributed by atoms with Crippen LogP contribution in [0.5, 0.6) is 5.75 Å². The molecule has 0 spiro atoms. The lowest BCUT2D eigenvalue weighted by molar-refractivity contribution is 0.0171. The van der Waals surface area contributed by atoms with Crippen molar-refractivity contribution in [3.05, 3.63) is 60.0 Å². The molecular formula is C23H24F2N6O2. The monoisotopic (exact) mass is 454 g/mol. The van der Waals surface area contributed by atoms with Crippen LogP contribution in [-0.2, 0) is 5.92 Å². The number of nitrogens with one attached hydrogen (secondary N) is 1. The van der Waals surface area contributed by atoms with E-state index in [0.29, 0.717) is 22.8 Å². The Bertz CT molecular complexity index is 1150. The Morgan fingerprint density at radius 3 is 2.64 bits per heavy atom. The van der Waals surface area contributed by atoms with Gasteiger partial charge in [0.25, 0.3) is 11.8 Å². The summed E-state index contributed by atoms with van der Waals surface area (Å²) >= 11 is 0. The van der Waals surface area contributed by atoms with E-state index in [1.165, 1.54) is 17.1 Å². The predicted molar refractivity (Wildman–Crippen MR) is 117 cm³/mol. The molecular weight excluding hydrogens is 430 g/mol. The summed E-state index contributed by atoms with van der Waals surface area (Å²) in [7, 11) is 1.57. The summed E-state index contributed by atoms with van der Waals surface area (Å²) in [5.41, 5.74) is 0.923. The lowest BCUT2D eigenvalue weighted by atomic mass is 9.95. The van der Waals surface area contributed by atoms with E-state index < -0.39 is 5.92 Å². The molecule has 172 valence electrons. The number of benzene rings is 1. The van der Waals surface area contributed by atoms with Gasteiger partial charge in [-0.05, 0) is 43.5 Å². The number of amides is 1. The van der Waals surface area contributed by atoms with E-state index in [1.807, 2.05) is 4.90 Å². The number of anilines is 1. The Morgan fingerprint density at radius 1 is 1.18 bits per heavy atom. The summed E-state index contributed by atoms with van der Waals surface area (Å²) in [6.45, 7) is 0.850. The van der Waals surface area contributed by atoms with E-state index in [1.54, 1.807) is 43.8 Å². The standard InChI is InChI=1S/C23H24F2N6O2/c1-23(24,25)14-3-8-21(26-13-14)29-18-11-15-4-7-19(18)30(15)22(32)17-6-5-16(33-2)12-20(17)31-27-9-10-28-31/h3,5-6,8-10,12-13,15,18-19H,4,7,11H2,1-2H3,(H,26,29). The van der Waals surface area contributed by atoms with E-state index >= 15 is 0 Å². The van der Waals surface area contributed by atoms with Crippen molar-refractivity contribution in [3.8, 4) is 11.4 Å². The SMILES string of the molecule is COc1ccc(C(=O)N2C3CCC2C(Nc2ccc(C(C)(F)F)cn2)C3)c(-n2nccn2)c1. The zero-order chi connectivity index (χ0) is 23.2. The number of halogens is 2. The van der Waals surface area contributed by atoms with E-state index in [9.17, 15) is 13.6 Å². The lowest BCUT2D eigenvalue weighted by Gasteiger charge is -2.26. The van der Waals surface area contributed by atoms with Gasteiger partial charge in [0.15, 0.2) is 0 Å². The Kier molecular flexibility index (Phi) is 5.22. The number of carbonyl (C=O) groups excluding carboxylic acids is 1. The fourth-order valence-corrected chi connectivity index (χ4v) is 4.85. The van der Waals surface area contributed by atoms with Crippen molar-refractivity contribution in [2.45, 2.75) is 50.2 Å². The van der Waals surface area contributed by atoms with Crippen LogP contribution in [0.1, 0.15) is 42.1 Å². The van der Waals surface area contributed by atoms with Gasteiger partial charge < -0.3 is 15.0 Å². The number of hydrogen-bond donors (Lipinski definition) is 1. The summed E-state index contributed by atoms with van der Waals surface area (Å²) in [5.74, 6) is -1.88. The van der Waals surface area contributed by atoms with Crippen molar-refractivity contribution < 1.29 is 18.3 Å². The number of rotatable bonds is 6. The number of ether oxygens (including phenoxy) is 1. The fraction of sp³-hybridized carbons (Fsp3) is 0.391. The zero-order valence-electron chi connectivity index (χ0n) is 18.3. The molecule has 2 aliphatic heterocycles. The van der Waals surface area contributed by atoms with Crippen molar-refractivity contribution >= 4 is 11.7 Å². The lowest BCUT2D eigenvalue weighted by Crippen LogP contribution is -2.40. The van der Waals surface area contributed by atoms with Gasteiger partial charge in [-0.1, -0.05) is 0 Å². The average molecular weight is 454 g/mol. The third-order valence-electron chi connectivity index (χ3n) is 6.44. The molecule has 3 aromatic rings. The van der Waals surface area contributed by atoms with Crippen LogP contribution < -0.4 is 10.1 Å². The maximum atomic E-state index is 13.7. The van der Waals surface area contributed by atoms with Crippen LogP contribution in [0.25, 0.3) is 5.69 Å². The second kappa shape index (κ2) is 8.09. The van der Waals surface area contributed by atoms with E-state index in [-0.39, 0.29) is 29.6 Å². The maximum Gasteiger partial charge on any atom is 0.272 e. The molecule has 1 amide bonds. The molecule has 0 saturated carbocycles. The van der Waals surface area contributed by atoms with E-state index in [4.69, 9.17) is 4.74 Å². The first-order chi connectivity index (χ1) is 15.8. The van der Waals surface area contributed by atoms with Gasteiger partial charge in [-0.2, -0.15) is 15.0 Å². The highest BCUT2D eigenvalue weighted by atomic mass is 19.3. The van der Waals surface area contributed by atoms with Crippen LogP contribution in [0.3, 0.4) is 0 Å². The summed E-state index contributed by atoms with van der Waals surface area (Å²) in [6, 6.07) is 8.26. The fourth-order valence-electron chi connectivity index (χ4n) is 4.85. The third-order valence-corrected chi connectivity index (χ3v) is 6.44. The molecule has 5 rings (SSSR count). The van der Waals surface area contributed by atoms with Crippen LogP contribution in [0.4, 0.5) is 14.6 Å². The van der Waals surface area contributed by atoms with Crippen molar-refractivity contribution in [1.82, 2.24) is 24.9 Å². The molecule has 8 nitrogen and oxygen atoms in total. The Hall–Kier alpha value is -3.56. The number of alkyl halides is 2. The number of aromatic nitrogens is 4. The topological polar surface area (TPSA) is 85.2 Å². The van der Waals surface area contributed by atoms with Gasteiger partial charge in [0.2, 0.25) is 0 Å². The minimum Gasteiger partial charge on any atom is -0.497 e. The van der Waals surface area contributed by atoms with Crippen molar-refractivity contribution in [2.24, 2.45) is 0 Å². The van der Waals surface area contributed by atoms with Crippen molar-refractivity contribution in [2.75, 3.05) is 12.4 Å². The van der Waals surface area contributed by atoms with Gasteiger partial charge in [-0.25, -0.2) is 13.8 Å². The molecule has 1 aromatic carbocycles. The normalized spacial score (nSPS) is 21.9. The second-order valence-corrected chi connectivity index (χ2v) is 8.52. The predicted octanol–water partition coefficient (Wildman–Crippen LogP) is 3.64. The van der Waals surface area contributed by atoms with Gasteiger partial charge in [0.05, 0.1) is 31.1 Å². The Balaban J connectivity index is 1.38. The Labute approximate surface area is 189 Å². The number of methoxy groups -OCH3 is 1. The molecule has 10 heteroatoms. The van der Waals surface area contributed by atoms with Crippen LogP contribution in [0, 0.1) is 0 Å². The molecule has 2 aromatic heterocycles. The molecule has 2 bridgehead atoms. The van der Waals surface area contributed by atoms with Gasteiger partial charge in [-0.3, -0.25) is 4.79 Å². The number of fused-ring (bicyclic) bond motifs is 2. The minimum atomic E-state index is -2.93. The molecule has 2 fully saturated rings. The van der Waals surface area contributed by atoms with Gasteiger partial charge in [0, 0.05) is 36.8 Å². The minimum absolute atomic E-state index is 0.00212. The molecule has 0 radical (unpaired) electrons. The highest BCUT2D eigenvalue weighted by Crippen LogP contribution is 2.40. The van der Waals surface area contributed by atoms with E-state index in [2.05, 4.69) is 20.5 Å². The third kappa shape index (κ3) is 3.90. The molecule has 3 atom stereocenters. The van der Waals surface area contributed by atoms with E-state index in [0.717, 1.165) is 26.2 Å². The average Bonchev–Trinajstić information content (AvgIpc) is 3.55. The summed E-state index contributed by atoms with van der Waals surface area (Å²) < 4.78 is 32.3. The zero-order valence-corrected chi connectivity index (χ0v) is 18.3. The highest BCUT2D eigenvalue weighted by molar-refractivity contribution is 5.98. The Morgan fingerprint density at radius 2 is 1.97 bits per heavy atom. The molecule has 2 aliphatic rings. The van der Waals surface area contributed by atoms with Crippen LogP contribution >= 0.6 is 0 Å². The van der Waals surface area contributed by atoms with Gasteiger partial charge in [-0.15, -0.1) is 0 Å².